The van der Waals surface area contributed by atoms with Crippen molar-refractivity contribution >= 4 is 28.3 Å². The Hall–Kier alpha value is -4.00. The van der Waals surface area contributed by atoms with Crippen LogP contribution in [-0.2, 0) is 6.54 Å². The zero-order valence-electron chi connectivity index (χ0n) is 16.6. The number of ether oxygens (including phenoxy) is 2. The van der Waals surface area contributed by atoms with E-state index in [9.17, 15) is 4.79 Å². The molecule has 7 nitrogen and oxygen atoms in total. The molecule has 4 rings (SSSR count). The molecule has 152 valence electrons. The van der Waals surface area contributed by atoms with Gasteiger partial charge in [-0.2, -0.15) is 0 Å². The Morgan fingerprint density at radius 2 is 1.83 bits per heavy atom. The summed E-state index contributed by atoms with van der Waals surface area (Å²) in [4.78, 5) is 17.5. The van der Waals surface area contributed by atoms with E-state index in [1.165, 1.54) is 0 Å². The number of anilines is 2. The summed E-state index contributed by atoms with van der Waals surface area (Å²) in [6, 6.07) is 18.3. The van der Waals surface area contributed by atoms with Gasteiger partial charge >= 0.3 is 0 Å². The van der Waals surface area contributed by atoms with E-state index in [-0.39, 0.29) is 5.91 Å². The molecule has 7 heteroatoms. The van der Waals surface area contributed by atoms with Gasteiger partial charge in [0.1, 0.15) is 11.6 Å². The van der Waals surface area contributed by atoms with Crippen molar-refractivity contribution in [1.29, 1.82) is 0 Å². The average molecular weight is 403 g/mol. The zero-order chi connectivity index (χ0) is 20.9. The number of benzene rings is 2. The van der Waals surface area contributed by atoms with E-state index < -0.39 is 0 Å². The molecule has 0 bridgehead atoms. The summed E-state index contributed by atoms with van der Waals surface area (Å²) in [7, 11) is 3.17. The van der Waals surface area contributed by atoms with Crippen LogP contribution in [-0.4, -0.2) is 25.1 Å². The summed E-state index contributed by atoms with van der Waals surface area (Å²) in [6.45, 7) is 0.306. The Kier molecular flexibility index (Phi) is 5.52. The van der Waals surface area contributed by atoms with Gasteiger partial charge in [-0.1, -0.05) is 18.2 Å². The Morgan fingerprint density at radius 1 is 1.00 bits per heavy atom. The molecule has 0 aliphatic heterocycles. The van der Waals surface area contributed by atoms with Crippen molar-refractivity contribution in [2.45, 2.75) is 6.54 Å². The lowest BCUT2D eigenvalue weighted by atomic mass is 10.1. The van der Waals surface area contributed by atoms with Crippen LogP contribution in [0.15, 0.2) is 71.3 Å². The lowest BCUT2D eigenvalue weighted by Gasteiger charge is -2.13. The first-order valence-electron chi connectivity index (χ1n) is 9.37. The molecule has 2 aromatic heterocycles. The van der Waals surface area contributed by atoms with E-state index in [0.29, 0.717) is 40.7 Å². The topological polar surface area (TPSA) is 85.6 Å². The predicted molar refractivity (Wildman–Crippen MR) is 114 cm³/mol. The van der Waals surface area contributed by atoms with Crippen LogP contribution >= 0.6 is 0 Å². The van der Waals surface area contributed by atoms with Gasteiger partial charge in [-0.05, 0) is 36.4 Å². The first-order valence-corrected chi connectivity index (χ1v) is 9.37. The molecular weight excluding hydrogens is 382 g/mol. The number of pyridine rings is 1. The van der Waals surface area contributed by atoms with Gasteiger partial charge in [0.2, 0.25) is 0 Å². The van der Waals surface area contributed by atoms with Crippen molar-refractivity contribution in [2.75, 3.05) is 19.5 Å². The van der Waals surface area contributed by atoms with Gasteiger partial charge in [-0.25, -0.2) is 4.98 Å². The predicted octanol–water partition coefficient (Wildman–Crippen LogP) is 4.52. The fourth-order valence-electron chi connectivity index (χ4n) is 3.16. The molecule has 2 N–H and O–H groups in total. The second kappa shape index (κ2) is 8.57. The van der Waals surface area contributed by atoms with Crippen LogP contribution in [0.3, 0.4) is 0 Å². The molecule has 30 heavy (non-hydrogen) atoms. The second-order valence-corrected chi connectivity index (χ2v) is 6.53. The first-order chi connectivity index (χ1) is 14.7. The first kappa shape index (κ1) is 19.3. The molecule has 0 fully saturated rings. The van der Waals surface area contributed by atoms with E-state index in [1.54, 1.807) is 38.7 Å². The molecule has 0 atom stereocenters. The SMILES string of the molecule is COc1ccc(Nc2cc(C(=O)NCc3ccco3)c3ccccc3n2)cc1OC. The number of furan rings is 1. The summed E-state index contributed by atoms with van der Waals surface area (Å²) in [5.74, 6) is 2.25. The van der Waals surface area contributed by atoms with Crippen molar-refractivity contribution in [3.63, 3.8) is 0 Å². The largest absolute Gasteiger partial charge is 0.493 e. The van der Waals surface area contributed by atoms with E-state index in [4.69, 9.17) is 13.9 Å². The molecule has 0 spiro atoms. The number of fused-ring (bicyclic) bond motifs is 1. The summed E-state index contributed by atoms with van der Waals surface area (Å²) in [5.41, 5.74) is 2.00. The highest BCUT2D eigenvalue weighted by Gasteiger charge is 2.14. The normalized spacial score (nSPS) is 10.6. The number of nitrogens with zero attached hydrogens (tertiary/aromatic N) is 1. The smallest absolute Gasteiger partial charge is 0.252 e. The maximum atomic E-state index is 12.9. The third kappa shape index (κ3) is 4.05. The minimum absolute atomic E-state index is 0.208. The van der Waals surface area contributed by atoms with Crippen LogP contribution < -0.4 is 20.1 Å². The van der Waals surface area contributed by atoms with Gasteiger partial charge in [0, 0.05) is 17.1 Å². The third-order valence-electron chi connectivity index (χ3n) is 4.62. The molecule has 0 radical (unpaired) electrons. The molecule has 0 aliphatic rings. The van der Waals surface area contributed by atoms with Crippen LogP contribution in [0.1, 0.15) is 16.1 Å². The Balaban J connectivity index is 1.65. The third-order valence-corrected chi connectivity index (χ3v) is 4.62. The number of methoxy groups -OCH3 is 2. The van der Waals surface area contributed by atoms with Crippen LogP contribution in [0.2, 0.25) is 0 Å². The van der Waals surface area contributed by atoms with Crippen LogP contribution in [0.25, 0.3) is 10.9 Å². The van der Waals surface area contributed by atoms with Crippen molar-refractivity contribution in [2.24, 2.45) is 0 Å². The minimum Gasteiger partial charge on any atom is -0.493 e. The summed E-state index contributed by atoms with van der Waals surface area (Å²) in [6.07, 6.45) is 1.58. The molecule has 2 heterocycles. The lowest BCUT2D eigenvalue weighted by molar-refractivity contribution is 0.0949. The van der Waals surface area contributed by atoms with Gasteiger partial charge in [0.05, 0.1) is 38.1 Å². The van der Waals surface area contributed by atoms with Gasteiger partial charge in [0.15, 0.2) is 11.5 Å². The number of carbonyl (C=O) groups excluding carboxylic acids is 1. The van der Waals surface area contributed by atoms with E-state index in [1.807, 2.05) is 42.5 Å². The van der Waals surface area contributed by atoms with E-state index in [2.05, 4.69) is 15.6 Å². The number of hydrogen-bond acceptors (Lipinski definition) is 6. The Bertz CT molecular complexity index is 1170. The number of carbonyl (C=O) groups is 1. The van der Waals surface area contributed by atoms with Crippen LogP contribution in [0, 0.1) is 0 Å². The van der Waals surface area contributed by atoms with E-state index >= 15 is 0 Å². The molecule has 1 amide bonds. The number of para-hydroxylation sites is 1. The highest BCUT2D eigenvalue weighted by atomic mass is 16.5. The standard InChI is InChI=1S/C23H21N3O4/c1-28-20-10-9-15(12-21(20)29-2)25-22-13-18(17-7-3-4-8-19(17)26-22)23(27)24-14-16-6-5-11-30-16/h3-13H,14H2,1-2H3,(H,24,27)(H,25,26). The van der Waals surface area contributed by atoms with Gasteiger partial charge in [0.25, 0.3) is 5.91 Å². The molecule has 2 aromatic carbocycles. The minimum atomic E-state index is -0.208. The fraction of sp³-hybridized carbons (Fsp3) is 0.130. The highest BCUT2D eigenvalue weighted by molar-refractivity contribution is 6.07. The van der Waals surface area contributed by atoms with Crippen LogP contribution in [0.4, 0.5) is 11.5 Å². The molecule has 4 aromatic rings. The monoisotopic (exact) mass is 403 g/mol. The zero-order valence-corrected chi connectivity index (χ0v) is 16.6. The number of amides is 1. The molecule has 0 aliphatic carbocycles. The summed E-state index contributed by atoms with van der Waals surface area (Å²) in [5, 5.41) is 6.91. The van der Waals surface area contributed by atoms with Gasteiger partial charge in [-0.3, -0.25) is 4.79 Å². The second-order valence-electron chi connectivity index (χ2n) is 6.53. The summed E-state index contributed by atoms with van der Waals surface area (Å²) < 4.78 is 15.9. The van der Waals surface area contributed by atoms with Crippen molar-refractivity contribution < 1.29 is 18.7 Å². The highest BCUT2D eigenvalue weighted by Crippen LogP contribution is 2.31. The van der Waals surface area contributed by atoms with Gasteiger partial charge < -0.3 is 24.5 Å². The number of aromatic nitrogens is 1. The lowest BCUT2D eigenvalue weighted by Crippen LogP contribution is -2.23. The molecule has 0 saturated heterocycles. The van der Waals surface area contributed by atoms with Crippen molar-refractivity contribution in [3.8, 4) is 11.5 Å². The number of rotatable bonds is 7. The Labute approximate surface area is 173 Å². The van der Waals surface area contributed by atoms with Gasteiger partial charge in [-0.15, -0.1) is 0 Å². The molecular formula is C23H21N3O4. The average Bonchev–Trinajstić information content (AvgIpc) is 3.30. The number of hydrogen-bond donors (Lipinski definition) is 2. The summed E-state index contributed by atoms with van der Waals surface area (Å²) >= 11 is 0. The molecule has 0 unspecified atom stereocenters. The molecule has 0 saturated carbocycles. The van der Waals surface area contributed by atoms with Crippen molar-refractivity contribution in [3.05, 3.63) is 78.3 Å². The maximum Gasteiger partial charge on any atom is 0.252 e. The fourth-order valence-corrected chi connectivity index (χ4v) is 3.16. The van der Waals surface area contributed by atoms with Crippen LogP contribution in [0.5, 0.6) is 11.5 Å². The number of nitrogens with one attached hydrogen (secondary N) is 2. The Morgan fingerprint density at radius 3 is 2.60 bits per heavy atom. The van der Waals surface area contributed by atoms with E-state index in [0.717, 1.165) is 11.1 Å². The maximum absolute atomic E-state index is 12.9. The quantitative estimate of drug-likeness (QED) is 0.472. The van der Waals surface area contributed by atoms with Crippen molar-refractivity contribution in [1.82, 2.24) is 10.3 Å².